The Hall–Kier alpha value is -1.75. The van der Waals surface area contributed by atoms with Crippen molar-refractivity contribution in [2.75, 3.05) is 0 Å². The fraction of sp³-hybridized carbons (Fsp3) is 0. The maximum Gasteiger partial charge on any atom is 0.345 e. The van der Waals surface area contributed by atoms with Gasteiger partial charge in [-0.25, -0.2) is 9.78 Å². The molecule has 0 spiro atoms. The van der Waals surface area contributed by atoms with Gasteiger partial charge < -0.3 is 5.11 Å². The molecule has 0 radical (unpaired) electrons. The van der Waals surface area contributed by atoms with Crippen LogP contribution in [0.1, 0.15) is 20.0 Å². The lowest BCUT2D eigenvalue weighted by Crippen LogP contribution is -1.89. The van der Waals surface area contributed by atoms with E-state index in [0.29, 0.717) is 22.1 Å². The Bertz CT molecular complexity index is 518. The topological polar surface area (TPSA) is 67.3 Å². The van der Waals surface area contributed by atoms with Crippen LogP contribution in [0.15, 0.2) is 18.3 Å². The number of aromatic carboxylic acids is 1. The molecule has 0 aliphatic rings. The lowest BCUT2D eigenvalue weighted by molar-refractivity contribution is 0.0702. The predicted octanol–water partition coefficient (Wildman–Crippen LogP) is 1.81. The van der Waals surface area contributed by atoms with Gasteiger partial charge in [-0.05, 0) is 12.1 Å². The molecule has 0 saturated carbocycles. The molecule has 0 amide bonds. The summed E-state index contributed by atoms with van der Waals surface area (Å²) < 4.78 is 0. The number of rotatable bonds is 2. The maximum absolute atomic E-state index is 10.6. The van der Waals surface area contributed by atoms with Crippen LogP contribution in [0.4, 0.5) is 0 Å². The van der Waals surface area contributed by atoms with Gasteiger partial charge >= 0.3 is 5.97 Å². The summed E-state index contributed by atoms with van der Waals surface area (Å²) in [5, 5.41) is 9.42. The largest absolute Gasteiger partial charge is 0.477 e. The van der Waals surface area contributed by atoms with E-state index in [9.17, 15) is 9.59 Å². The number of carboxylic acids is 1. The van der Waals surface area contributed by atoms with Gasteiger partial charge in [-0.1, -0.05) is 0 Å². The van der Waals surface area contributed by atoms with E-state index in [1.54, 1.807) is 6.07 Å². The average Bonchev–Trinajstić information content (AvgIpc) is 2.59. The highest BCUT2D eigenvalue weighted by Crippen LogP contribution is 2.23. The van der Waals surface area contributed by atoms with Crippen LogP contribution in [0.2, 0.25) is 0 Å². The van der Waals surface area contributed by atoms with Gasteiger partial charge in [-0.3, -0.25) is 4.79 Å². The van der Waals surface area contributed by atoms with Crippen LogP contribution in [-0.4, -0.2) is 22.3 Å². The maximum atomic E-state index is 10.6. The first kappa shape index (κ1) is 8.83. The van der Waals surface area contributed by atoms with Crippen molar-refractivity contribution in [3.63, 3.8) is 0 Å². The van der Waals surface area contributed by atoms with Gasteiger partial charge in [-0.2, -0.15) is 0 Å². The first-order valence-electron chi connectivity index (χ1n) is 3.79. The second kappa shape index (κ2) is 3.19. The molecule has 0 bridgehead atoms. The molecule has 0 aliphatic carbocycles. The van der Waals surface area contributed by atoms with Crippen molar-refractivity contribution in [3.05, 3.63) is 28.8 Å². The molecule has 2 rings (SSSR count). The van der Waals surface area contributed by atoms with Crippen LogP contribution in [0.25, 0.3) is 10.2 Å². The molecule has 2 aromatic heterocycles. The van der Waals surface area contributed by atoms with E-state index in [-0.39, 0.29) is 4.88 Å². The SMILES string of the molecule is O=Cc1cnc2sc(C(=O)O)cc2c1. The fourth-order valence-corrected chi connectivity index (χ4v) is 1.94. The Balaban J connectivity index is 2.65. The van der Waals surface area contributed by atoms with Crippen molar-refractivity contribution < 1.29 is 14.7 Å². The Morgan fingerprint density at radius 3 is 2.93 bits per heavy atom. The minimum absolute atomic E-state index is 0.232. The van der Waals surface area contributed by atoms with E-state index in [0.717, 1.165) is 11.3 Å². The molecule has 2 aromatic rings. The van der Waals surface area contributed by atoms with Crippen molar-refractivity contribution >= 4 is 33.8 Å². The molecule has 0 fully saturated rings. The van der Waals surface area contributed by atoms with Crippen LogP contribution in [0, 0.1) is 0 Å². The molecule has 0 saturated heterocycles. The summed E-state index contributed by atoms with van der Waals surface area (Å²) in [4.78, 5) is 25.9. The number of fused-ring (bicyclic) bond motifs is 1. The van der Waals surface area contributed by atoms with Crippen molar-refractivity contribution in [1.82, 2.24) is 4.98 Å². The molecule has 0 aromatic carbocycles. The van der Waals surface area contributed by atoms with Crippen molar-refractivity contribution in [2.45, 2.75) is 0 Å². The Kier molecular flexibility index (Phi) is 2.01. The summed E-state index contributed by atoms with van der Waals surface area (Å²) in [7, 11) is 0. The number of carbonyl (C=O) groups is 2. The van der Waals surface area contributed by atoms with Crippen LogP contribution in [0.3, 0.4) is 0 Å². The lowest BCUT2D eigenvalue weighted by Gasteiger charge is -1.88. The van der Waals surface area contributed by atoms with E-state index < -0.39 is 5.97 Å². The Morgan fingerprint density at radius 2 is 2.29 bits per heavy atom. The van der Waals surface area contributed by atoms with Crippen molar-refractivity contribution in [1.29, 1.82) is 0 Å². The molecule has 0 atom stereocenters. The van der Waals surface area contributed by atoms with E-state index in [2.05, 4.69) is 4.98 Å². The second-order valence-corrected chi connectivity index (χ2v) is 3.73. The zero-order valence-corrected chi connectivity index (χ0v) is 7.75. The monoisotopic (exact) mass is 207 g/mol. The van der Waals surface area contributed by atoms with Crippen LogP contribution >= 0.6 is 11.3 Å². The van der Waals surface area contributed by atoms with Gasteiger partial charge in [0.15, 0.2) is 6.29 Å². The summed E-state index contributed by atoms with van der Waals surface area (Å²) in [5.74, 6) is -0.972. The second-order valence-electron chi connectivity index (χ2n) is 2.70. The molecule has 2 heterocycles. The van der Waals surface area contributed by atoms with Crippen molar-refractivity contribution in [3.8, 4) is 0 Å². The Morgan fingerprint density at radius 1 is 1.50 bits per heavy atom. The van der Waals surface area contributed by atoms with Crippen LogP contribution in [-0.2, 0) is 0 Å². The number of aldehydes is 1. The van der Waals surface area contributed by atoms with Gasteiger partial charge in [0, 0.05) is 17.1 Å². The summed E-state index contributed by atoms with van der Waals surface area (Å²) >= 11 is 1.10. The first-order valence-corrected chi connectivity index (χ1v) is 4.60. The molecular weight excluding hydrogens is 202 g/mol. The quantitative estimate of drug-likeness (QED) is 0.762. The number of nitrogens with zero attached hydrogens (tertiary/aromatic N) is 1. The molecule has 1 N–H and O–H groups in total. The molecule has 70 valence electrons. The number of carboxylic acid groups (broad SMARTS) is 1. The highest BCUT2D eigenvalue weighted by atomic mass is 32.1. The van der Waals surface area contributed by atoms with Crippen LogP contribution < -0.4 is 0 Å². The van der Waals surface area contributed by atoms with Gasteiger partial charge in [0.25, 0.3) is 0 Å². The summed E-state index contributed by atoms with van der Waals surface area (Å²) in [6.45, 7) is 0. The normalized spacial score (nSPS) is 10.3. The average molecular weight is 207 g/mol. The van der Waals surface area contributed by atoms with E-state index in [1.165, 1.54) is 12.3 Å². The van der Waals surface area contributed by atoms with Gasteiger partial charge in [0.05, 0.1) is 0 Å². The van der Waals surface area contributed by atoms with Crippen LogP contribution in [0.5, 0.6) is 0 Å². The minimum Gasteiger partial charge on any atom is -0.477 e. The highest BCUT2D eigenvalue weighted by Gasteiger charge is 2.09. The zero-order chi connectivity index (χ0) is 10.1. The summed E-state index contributed by atoms with van der Waals surface area (Å²) in [5.41, 5.74) is 0.451. The number of hydrogen-bond donors (Lipinski definition) is 1. The van der Waals surface area contributed by atoms with E-state index >= 15 is 0 Å². The standard InChI is InChI=1S/C9H5NO3S/c11-4-5-1-6-2-7(9(12)13)14-8(6)10-3-5/h1-4H,(H,12,13). The first-order chi connectivity index (χ1) is 6.70. The third-order valence-corrected chi connectivity index (χ3v) is 2.79. The van der Waals surface area contributed by atoms with Crippen molar-refractivity contribution in [2.24, 2.45) is 0 Å². The smallest absolute Gasteiger partial charge is 0.345 e. The highest BCUT2D eigenvalue weighted by molar-refractivity contribution is 7.20. The molecule has 0 unspecified atom stereocenters. The minimum atomic E-state index is -0.972. The van der Waals surface area contributed by atoms with E-state index in [4.69, 9.17) is 5.11 Å². The number of hydrogen-bond acceptors (Lipinski definition) is 4. The third kappa shape index (κ3) is 1.38. The Labute approximate surface area is 82.8 Å². The fourth-order valence-electron chi connectivity index (χ4n) is 1.12. The molecular formula is C9H5NO3S. The molecule has 4 nitrogen and oxygen atoms in total. The third-order valence-electron chi connectivity index (χ3n) is 1.74. The van der Waals surface area contributed by atoms with Gasteiger partial charge in [0.1, 0.15) is 9.71 Å². The number of aromatic nitrogens is 1. The van der Waals surface area contributed by atoms with E-state index in [1.807, 2.05) is 0 Å². The molecule has 5 heteroatoms. The lowest BCUT2D eigenvalue weighted by atomic mass is 10.2. The zero-order valence-electron chi connectivity index (χ0n) is 6.93. The van der Waals surface area contributed by atoms with Gasteiger partial charge in [0.2, 0.25) is 0 Å². The number of carbonyl (C=O) groups excluding carboxylic acids is 1. The number of thiophene rings is 1. The summed E-state index contributed by atoms with van der Waals surface area (Å²) in [6, 6.07) is 3.14. The number of pyridine rings is 1. The summed E-state index contributed by atoms with van der Waals surface area (Å²) in [6.07, 6.45) is 2.11. The predicted molar refractivity (Wildman–Crippen MR) is 52.0 cm³/mol. The van der Waals surface area contributed by atoms with Gasteiger partial charge in [-0.15, -0.1) is 11.3 Å². The molecule has 0 aliphatic heterocycles. The molecule has 14 heavy (non-hydrogen) atoms.